The number of nitrogens with one attached hydrogen (secondary N) is 2. The molecule has 144 valence electrons. The van der Waals surface area contributed by atoms with Gasteiger partial charge in [0.2, 0.25) is 0 Å². The molecular formula is C22H23ClN4O. The fourth-order valence-electron chi connectivity index (χ4n) is 2.80. The number of hydrogen-bond donors (Lipinski definition) is 2. The second-order valence-corrected chi connectivity index (χ2v) is 7.89. The van der Waals surface area contributed by atoms with E-state index < -0.39 is 0 Å². The fourth-order valence-corrected chi connectivity index (χ4v) is 3.00. The molecule has 1 amide bonds. The molecule has 3 rings (SSSR count). The van der Waals surface area contributed by atoms with Gasteiger partial charge in [0.25, 0.3) is 5.91 Å². The Morgan fingerprint density at radius 1 is 1.00 bits per heavy atom. The summed E-state index contributed by atoms with van der Waals surface area (Å²) in [5, 5.41) is 6.79. The first kappa shape index (κ1) is 19.8. The van der Waals surface area contributed by atoms with E-state index in [0.717, 1.165) is 16.8 Å². The average Bonchev–Trinajstić information content (AvgIpc) is 2.67. The first-order valence-corrected chi connectivity index (χ1v) is 9.42. The number of carbonyl (C=O) groups is 1. The van der Waals surface area contributed by atoms with Gasteiger partial charge in [0.1, 0.15) is 11.5 Å². The summed E-state index contributed by atoms with van der Waals surface area (Å²) in [6.45, 7) is 6.85. The van der Waals surface area contributed by atoms with Gasteiger partial charge in [0, 0.05) is 17.3 Å². The summed E-state index contributed by atoms with van der Waals surface area (Å²) in [5.74, 6) is 0.286. The van der Waals surface area contributed by atoms with E-state index in [2.05, 4.69) is 41.4 Å². The number of rotatable bonds is 5. The maximum atomic E-state index is 12.6. The van der Waals surface area contributed by atoms with Crippen LogP contribution in [0.5, 0.6) is 0 Å². The lowest BCUT2D eigenvalue weighted by molar-refractivity contribution is 0.102. The SMILES string of the molecule is CC(C)(C)c1ccccc1NC(=O)c1cnc(NCc2ccccc2Cl)cn1. The molecule has 0 aliphatic carbocycles. The van der Waals surface area contributed by atoms with E-state index >= 15 is 0 Å². The number of benzene rings is 2. The van der Waals surface area contributed by atoms with Crippen molar-refractivity contribution in [1.29, 1.82) is 0 Å². The van der Waals surface area contributed by atoms with Gasteiger partial charge >= 0.3 is 0 Å². The number of aromatic nitrogens is 2. The molecule has 0 saturated heterocycles. The zero-order chi connectivity index (χ0) is 20.1. The number of para-hydroxylation sites is 1. The van der Waals surface area contributed by atoms with Gasteiger partial charge < -0.3 is 10.6 Å². The van der Waals surface area contributed by atoms with Crippen molar-refractivity contribution in [3.8, 4) is 0 Å². The monoisotopic (exact) mass is 394 g/mol. The Balaban J connectivity index is 1.67. The lowest BCUT2D eigenvalue weighted by atomic mass is 9.86. The largest absolute Gasteiger partial charge is 0.365 e. The van der Waals surface area contributed by atoms with Gasteiger partial charge in [0.05, 0.1) is 12.4 Å². The second kappa shape index (κ2) is 8.40. The summed E-state index contributed by atoms with van der Waals surface area (Å²) in [6, 6.07) is 15.4. The maximum Gasteiger partial charge on any atom is 0.275 e. The molecule has 0 spiro atoms. The average molecular weight is 395 g/mol. The quantitative estimate of drug-likeness (QED) is 0.616. The van der Waals surface area contributed by atoms with Crippen LogP contribution in [0.2, 0.25) is 5.02 Å². The summed E-state index contributed by atoms with van der Waals surface area (Å²) in [6.07, 6.45) is 3.01. The van der Waals surface area contributed by atoms with Crippen molar-refractivity contribution in [3.63, 3.8) is 0 Å². The highest BCUT2D eigenvalue weighted by Crippen LogP contribution is 2.29. The minimum atomic E-state index is -0.290. The van der Waals surface area contributed by atoms with Gasteiger partial charge in [-0.1, -0.05) is 68.8 Å². The third-order valence-electron chi connectivity index (χ3n) is 4.29. The van der Waals surface area contributed by atoms with Crippen LogP contribution in [0.15, 0.2) is 60.9 Å². The number of halogens is 1. The standard InChI is InChI=1S/C22H23ClN4O/c1-22(2,3)16-9-5-7-11-18(16)27-21(28)19-13-26-20(14-24-19)25-12-15-8-4-6-10-17(15)23/h4-11,13-14H,12H2,1-3H3,(H,25,26)(H,27,28). The van der Waals surface area contributed by atoms with Crippen molar-refractivity contribution in [2.24, 2.45) is 0 Å². The molecular weight excluding hydrogens is 372 g/mol. The first-order chi connectivity index (χ1) is 13.3. The number of nitrogens with zero attached hydrogens (tertiary/aromatic N) is 2. The van der Waals surface area contributed by atoms with Gasteiger partial charge in [0.15, 0.2) is 0 Å². The van der Waals surface area contributed by atoms with E-state index in [1.807, 2.05) is 48.5 Å². The second-order valence-electron chi connectivity index (χ2n) is 7.48. The Morgan fingerprint density at radius 2 is 1.71 bits per heavy atom. The van der Waals surface area contributed by atoms with Crippen molar-refractivity contribution in [3.05, 3.63) is 82.8 Å². The highest BCUT2D eigenvalue weighted by Gasteiger charge is 2.19. The molecule has 0 radical (unpaired) electrons. The molecule has 1 heterocycles. The Labute approximate surface area is 170 Å². The van der Waals surface area contributed by atoms with Gasteiger partial charge in [-0.2, -0.15) is 0 Å². The molecule has 0 bridgehead atoms. The van der Waals surface area contributed by atoms with Crippen molar-refractivity contribution in [2.75, 3.05) is 10.6 Å². The third kappa shape index (κ3) is 4.87. The molecule has 5 nitrogen and oxygen atoms in total. The Kier molecular flexibility index (Phi) is 5.95. The van der Waals surface area contributed by atoms with Gasteiger partial charge in [-0.3, -0.25) is 4.79 Å². The summed E-state index contributed by atoms with van der Waals surface area (Å²) < 4.78 is 0. The predicted molar refractivity (Wildman–Crippen MR) is 114 cm³/mol. The van der Waals surface area contributed by atoms with Crippen LogP contribution < -0.4 is 10.6 Å². The summed E-state index contributed by atoms with van der Waals surface area (Å²) in [7, 11) is 0. The molecule has 2 N–H and O–H groups in total. The number of anilines is 2. The fraction of sp³-hybridized carbons (Fsp3) is 0.227. The van der Waals surface area contributed by atoms with Crippen molar-refractivity contribution in [1.82, 2.24) is 9.97 Å². The summed E-state index contributed by atoms with van der Waals surface area (Å²) in [5.41, 5.74) is 2.98. The molecule has 0 atom stereocenters. The van der Waals surface area contributed by atoms with E-state index in [9.17, 15) is 4.79 Å². The molecule has 0 aliphatic rings. The van der Waals surface area contributed by atoms with E-state index in [0.29, 0.717) is 17.4 Å². The van der Waals surface area contributed by atoms with Crippen LogP contribution in [0.3, 0.4) is 0 Å². The smallest absolute Gasteiger partial charge is 0.275 e. The molecule has 0 fully saturated rings. The highest BCUT2D eigenvalue weighted by atomic mass is 35.5. The lowest BCUT2D eigenvalue weighted by Gasteiger charge is -2.22. The molecule has 0 aliphatic heterocycles. The van der Waals surface area contributed by atoms with Crippen LogP contribution in [0.4, 0.5) is 11.5 Å². The zero-order valence-electron chi connectivity index (χ0n) is 16.2. The van der Waals surface area contributed by atoms with Crippen LogP contribution in [-0.4, -0.2) is 15.9 Å². The first-order valence-electron chi connectivity index (χ1n) is 9.05. The lowest BCUT2D eigenvalue weighted by Crippen LogP contribution is -2.19. The van der Waals surface area contributed by atoms with E-state index in [1.165, 1.54) is 6.20 Å². The van der Waals surface area contributed by atoms with E-state index in [-0.39, 0.29) is 17.0 Å². The van der Waals surface area contributed by atoms with Crippen LogP contribution in [0, 0.1) is 0 Å². The van der Waals surface area contributed by atoms with Crippen molar-refractivity contribution >= 4 is 29.0 Å². The molecule has 6 heteroatoms. The van der Waals surface area contributed by atoms with Crippen molar-refractivity contribution < 1.29 is 4.79 Å². The van der Waals surface area contributed by atoms with Gasteiger partial charge in [-0.05, 0) is 28.7 Å². The van der Waals surface area contributed by atoms with Crippen LogP contribution in [-0.2, 0) is 12.0 Å². The molecule has 2 aromatic carbocycles. The van der Waals surface area contributed by atoms with Crippen LogP contribution in [0.1, 0.15) is 42.4 Å². The molecule has 3 aromatic rings. The summed E-state index contributed by atoms with van der Waals surface area (Å²) >= 11 is 6.15. The van der Waals surface area contributed by atoms with Crippen LogP contribution in [0.25, 0.3) is 0 Å². The van der Waals surface area contributed by atoms with Gasteiger partial charge in [-0.15, -0.1) is 0 Å². The number of carbonyl (C=O) groups excluding carboxylic acids is 1. The highest BCUT2D eigenvalue weighted by molar-refractivity contribution is 6.31. The predicted octanol–water partition coefficient (Wildman–Crippen LogP) is 5.29. The zero-order valence-corrected chi connectivity index (χ0v) is 16.9. The van der Waals surface area contributed by atoms with E-state index in [1.54, 1.807) is 6.20 Å². The minimum absolute atomic E-state index is 0.0813. The molecule has 0 unspecified atom stereocenters. The normalized spacial score (nSPS) is 11.1. The number of hydrogen-bond acceptors (Lipinski definition) is 4. The molecule has 0 saturated carbocycles. The maximum absolute atomic E-state index is 12.6. The van der Waals surface area contributed by atoms with E-state index in [4.69, 9.17) is 11.6 Å². The van der Waals surface area contributed by atoms with Crippen LogP contribution >= 0.6 is 11.6 Å². The minimum Gasteiger partial charge on any atom is -0.365 e. The Bertz CT molecular complexity index is 965. The molecule has 1 aromatic heterocycles. The topological polar surface area (TPSA) is 66.9 Å². The van der Waals surface area contributed by atoms with Crippen molar-refractivity contribution in [2.45, 2.75) is 32.7 Å². The molecule has 28 heavy (non-hydrogen) atoms. The summed E-state index contributed by atoms with van der Waals surface area (Å²) in [4.78, 5) is 21.1. The Morgan fingerprint density at radius 3 is 2.39 bits per heavy atom. The third-order valence-corrected chi connectivity index (χ3v) is 4.65. The number of amides is 1. The van der Waals surface area contributed by atoms with Gasteiger partial charge in [-0.25, -0.2) is 9.97 Å². The Hall–Kier alpha value is -2.92.